The van der Waals surface area contributed by atoms with Gasteiger partial charge >= 0.3 is 0 Å². The van der Waals surface area contributed by atoms with Gasteiger partial charge in [-0.05, 0) is 30.4 Å². The Labute approximate surface area is 70.0 Å². The molecule has 11 heavy (non-hydrogen) atoms. The van der Waals surface area contributed by atoms with Gasteiger partial charge in [0.05, 0.1) is 0 Å². The minimum atomic E-state index is 0.420. The molecule has 0 heteroatoms. The van der Waals surface area contributed by atoms with Crippen LogP contribution in [-0.2, 0) is 0 Å². The lowest BCUT2D eigenvalue weighted by Crippen LogP contribution is -2.07. The second-order valence-corrected chi connectivity index (χ2v) is 4.29. The molecule has 0 aromatic rings. The lowest BCUT2D eigenvalue weighted by molar-refractivity contribution is 0.378. The molecule has 0 aliphatic heterocycles. The molecule has 1 aliphatic carbocycles. The Morgan fingerprint density at radius 1 is 1.00 bits per heavy atom. The molecule has 0 bridgehead atoms. The van der Waals surface area contributed by atoms with E-state index in [1.807, 2.05) is 0 Å². The summed E-state index contributed by atoms with van der Waals surface area (Å²) in [5.74, 6) is 0.734. The van der Waals surface area contributed by atoms with Gasteiger partial charge in [-0.3, -0.25) is 0 Å². The van der Waals surface area contributed by atoms with E-state index in [-0.39, 0.29) is 0 Å². The molecule has 0 N–H and O–H groups in total. The average molecular weight is 150 g/mol. The largest absolute Gasteiger partial charge is 0.0835 e. The highest BCUT2D eigenvalue weighted by Crippen LogP contribution is 2.55. The van der Waals surface area contributed by atoms with Crippen molar-refractivity contribution in [1.29, 1.82) is 0 Å². The summed E-state index contributed by atoms with van der Waals surface area (Å²) < 4.78 is 0. The topological polar surface area (TPSA) is 0 Å². The van der Waals surface area contributed by atoms with Crippen molar-refractivity contribution in [2.45, 2.75) is 34.6 Å². The Balaban J connectivity index is 2.83. The first-order valence-electron chi connectivity index (χ1n) is 4.35. The Kier molecular flexibility index (Phi) is 1.96. The average Bonchev–Trinajstić information content (AvgIpc) is 2.58. The molecule has 0 nitrogen and oxygen atoms in total. The van der Waals surface area contributed by atoms with Crippen LogP contribution in [0.25, 0.3) is 0 Å². The van der Waals surface area contributed by atoms with Crippen molar-refractivity contribution in [3.8, 4) is 0 Å². The van der Waals surface area contributed by atoms with E-state index in [9.17, 15) is 0 Å². The van der Waals surface area contributed by atoms with Gasteiger partial charge in [0.1, 0.15) is 0 Å². The van der Waals surface area contributed by atoms with Gasteiger partial charge in [0, 0.05) is 5.92 Å². The highest BCUT2D eigenvalue weighted by molar-refractivity contribution is 5.56. The third-order valence-corrected chi connectivity index (χ3v) is 2.36. The minimum absolute atomic E-state index is 0.420. The van der Waals surface area contributed by atoms with Gasteiger partial charge < -0.3 is 0 Å². The van der Waals surface area contributed by atoms with Gasteiger partial charge in [0.15, 0.2) is 0 Å². The van der Waals surface area contributed by atoms with Crippen LogP contribution in [0.3, 0.4) is 0 Å². The lowest BCUT2D eigenvalue weighted by atomic mass is 9.89. The zero-order valence-corrected chi connectivity index (χ0v) is 8.23. The summed E-state index contributed by atoms with van der Waals surface area (Å²) in [7, 11) is 0. The highest BCUT2D eigenvalue weighted by atomic mass is 14.5. The predicted octanol–water partition coefficient (Wildman–Crippen LogP) is 3.55. The van der Waals surface area contributed by atoms with E-state index in [0.717, 1.165) is 5.92 Å². The summed E-state index contributed by atoms with van der Waals surface area (Å²) in [6, 6.07) is 0. The molecule has 62 valence electrons. The molecule has 0 amide bonds. The van der Waals surface area contributed by atoms with Gasteiger partial charge in [-0.2, -0.15) is 0 Å². The number of hydrogen-bond acceptors (Lipinski definition) is 0. The van der Waals surface area contributed by atoms with Gasteiger partial charge in [-0.25, -0.2) is 0 Å². The van der Waals surface area contributed by atoms with E-state index in [2.05, 4.69) is 46.8 Å². The summed E-state index contributed by atoms with van der Waals surface area (Å²) in [5, 5.41) is 0. The summed E-state index contributed by atoms with van der Waals surface area (Å²) in [4.78, 5) is 0. The maximum absolute atomic E-state index is 2.30. The Morgan fingerprint density at radius 2 is 1.36 bits per heavy atom. The maximum atomic E-state index is 2.30. The fourth-order valence-electron chi connectivity index (χ4n) is 1.86. The van der Waals surface area contributed by atoms with Crippen molar-refractivity contribution in [2.24, 2.45) is 11.3 Å². The highest BCUT2D eigenvalue weighted by Gasteiger charge is 2.44. The van der Waals surface area contributed by atoms with Crippen molar-refractivity contribution in [3.63, 3.8) is 0 Å². The zero-order valence-electron chi connectivity index (χ0n) is 8.23. The van der Waals surface area contributed by atoms with Gasteiger partial charge in [0.25, 0.3) is 0 Å². The normalized spacial score (nSPS) is 31.5. The molecule has 0 aromatic carbocycles. The maximum Gasteiger partial charge on any atom is 0.0137 e. The molecule has 1 rings (SSSR count). The lowest BCUT2D eigenvalue weighted by Gasteiger charge is -2.15. The molecule has 0 unspecified atom stereocenters. The van der Waals surface area contributed by atoms with Crippen LogP contribution in [0.4, 0.5) is 0 Å². The molecule has 1 fully saturated rings. The predicted molar refractivity (Wildman–Crippen MR) is 50.5 cm³/mol. The van der Waals surface area contributed by atoms with Gasteiger partial charge in [-0.1, -0.05) is 32.9 Å². The van der Waals surface area contributed by atoms with Crippen LogP contribution in [0.1, 0.15) is 34.6 Å². The van der Waals surface area contributed by atoms with Crippen LogP contribution in [0, 0.1) is 11.3 Å². The first-order chi connectivity index (χ1) is 5.02. The van der Waals surface area contributed by atoms with Gasteiger partial charge in [-0.15, -0.1) is 0 Å². The molecule has 1 saturated carbocycles. The molecule has 0 atom stereocenters. The monoisotopic (exact) mass is 150 g/mol. The fourth-order valence-corrected chi connectivity index (χ4v) is 1.86. The molecule has 0 spiro atoms. The number of allylic oxidation sites excluding steroid dienone is 4. The van der Waals surface area contributed by atoms with E-state index in [0.29, 0.717) is 5.41 Å². The molecule has 0 radical (unpaired) electrons. The van der Waals surface area contributed by atoms with Crippen LogP contribution in [0.2, 0.25) is 0 Å². The molecule has 1 aliphatic rings. The van der Waals surface area contributed by atoms with Crippen molar-refractivity contribution in [3.05, 3.63) is 23.3 Å². The minimum Gasteiger partial charge on any atom is -0.0835 e. The van der Waals surface area contributed by atoms with E-state index in [1.54, 1.807) is 11.1 Å². The summed E-state index contributed by atoms with van der Waals surface area (Å²) >= 11 is 0. The molecule has 0 aromatic heterocycles. The molecular formula is C11H18. The number of rotatable bonds is 0. The molecular weight excluding hydrogens is 132 g/mol. The Morgan fingerprint density at radius 3 is 1.45 bits per heavy atom. The van der Waals surface area contributed by atoms with Crippen LogP contribution in [0.15, 0.2) is 23.3 Å². The molecule has 0 saturated heterocycles. The SMILES string of the molecule is CC=C1C(=CC)C1C(C)(C)C. The summed E-state index contributed by atoms with van der Waals surface area (Å²) in [5.41, 5.74) is 3.53. The van der Waals surface area contributed by atoms with E-state index >= 15 is 0 Å². The summed E-state index contributed by atoms with van der Waals surface area (Å²) in [6.45, 7) is 11.2. The Bertz CT molecular complexity index is 193. The second-order valence-electron chi connectivity index (χ2n) is 4.29. The zero-order chi connectivity index (χ0) is 8.65. The van der Waals surface area contributed by atoms with Crippen LogP contribution < -0.4 is 0 Å². The van der Waals surface area contributed by atoms with E-state index in [4.69, 9.17) is 0 Å². The summed E-state index contributed by atoms with van der Waals surface area (Å²) in [6.07, 6.45) is 4.48. The first-order valence-corrected chi connectivity index (χ1v) is 4.35. The smallest absolute Gasteiger partial charge is 0.0137 e. The van der Waals surface area contributed by atoms with Gasteiger partial charge in [0.2, 0.25) is 0 Å². The molecule has 0 heterocycles. The van der Waals surface area contributed by atoms with Crippen LogP contribution >= 0.6 is 0 Å². The van der Waals surface area contributed by atoms with Crippen molar-refractivity contribution < 1.29 is 0 Å². The number of hydrogen-bond donors (Lipinski definition) is 0. The standard InChI is InChI=1S/C11H18/c1-6-8-9(7-2)10(8)11(3,4)5/h6-7,10H,1-5H3. The quantitative estimate of drug-likeness (QED) is 0.495. The van der Waals surface area contributed by atoms with Crippen LogP contribution in [-0.4, -0.2) is 0 Å². The fraction of sp³-hybridized carbons (Fsp3) is 0.636. The first kappa shape index (κ1) is 8.58. The van der Waals surface area contributed by atoms with E-state index < -0.39 is 0 Å². The van der Waals surface area contributed by atoms with E-state index in [1.165, 1.54) is 0 Å². The second kappa shape index (κ2) is 2.51. The van der Waals surface area contributed by atoms with Crippen molar-refractivity contribution >= 4 is 0 Å². The third kappa shape index (κ3) is 1.40. The Hall–Kier alpha value is -0.520. The van der Waals surface area contributed by atoms with Crippen molar-refractivity contribution in [1.82, 2.24) is 0 Å². The van der Waals surface area contributed by atoms with Crippen molar-refractivity contribution in [2.75, 3.05) is 0 Å². The third-order valence-electron chi connectivity index (χ3n) is 2.36. The van der Waals surface area contributed by atoms with Crippen LogP contribution in [0.5, 0.6) is 0 Å².